The third-order valence-electron chi connectivity index (χ3n) is 5.28. The van der Waals surface area contributed by atoms with Crippen LogP contribution in [0.4, 0.5) is 14.9 Å². The lowest BCUT2D eigenvalue weighted by Crippen LogP contribution is -2.31. The van der Waals surface area contributed by atoms with Gasteiger partial charge in [0.15, 0.2) is 11.5 Å². The van der Waals surface area contributed by atoms with E-state index in [0.29, 0.717) is 36.5 Å². The van der Waals surface area contributed by atoms with Gasteiger partial charge in [0.05, 0.1) is 19.4 Å². The van der Waals surface area contributed by atoms with E-state index in [1.54, 1.807) is 30.3 Å². The lowest BCUT2D eigenvalue weighted by molar-refractivity contribution is -0.132. The molecule has 9 nitrogen and oxygen atoms in total. The van der Waals surface area contributed by atoms with Crippen LogP contribution in [-0.2, 0) is 16.1 Å². The second kappa shape index (κ2) is 12.2. The minimum Gasteiger partial charge on any atom is -0.493 e. The summed E-state index contributed by atoms with van der Waals surface area (Å²) in [5.74, 6) is 0.597. The lowest BCUT2D eigenvalue weighted by atomic mass is 10.0. The number of methoxy groups -OCH3 is 1. The summed E-state index contributed by atoms with van der Waals surface area (Å²) in [6.45, 7) is 1.75. The highest BCUT2D eigenvalue weighted by Crippen LogP contribution is 2.30. The number of anilines is 1. The van der Waals surface area contributed by atoms with Crippen molar-refractivity contribution in [3.8, 4) is 11.5 Å². The second-order valence-electron chi connectivity index (χ2n) is 8.42. The molecule has 188 valence electrons. The van der Waals surface area contributed by atoms with Gasteiger partial charge in [0, 0.05) is 30.6 Å². The molecular formula is C25H31FN4O5. The van der Waals surface area contributed by atoms with Gasteiger partial charge in [0.25, 0.3) is 0 Å². The van der Waals surface area contributed by atoms with Crippen molar-refractivity contribution in [1.82, 2.24) is 9.91 Å². The van der Waals surface area contributed by atoms with Crippen LogP contribution in [0.25, 0.3) is 0 Å². The van der Waals surface area contributed by atoms with Crippen molar-refractivity contribution in [3.63, 3.8) is 0 Å². The average molecular weight is 487 g/mol. The van der Waals surface area contributed by atoms with Crippen LogP contribution < -0.4 is 14.8 Å². The van der Waals surface area contributed by atoms with Crippen LogP contribution in [0, 0.1) is 0 Å². The smallest absolute Gasteiger partial charge is 0.411 e. The van der Waals surface area contributed by atoms with Crippen molar-refractivity contribution in [2.75, 3.05) is 39.9 Å². The van der Waals surface area contributed by atoms with Crippen molar-refractivity contribution in [3.05, 3.63) is 53.6 Å². The molecule has 1 atom stereocenters. The Kier molecular flexibility index (Phi) is 9.02. The fourth-order valence-electron chi connectivity index (χ4n) is 3.71. The number of halogens is 1. The van der Waals surface area contributed by atoms with Gasteiger partial charge in [-0.25, -0.2) is 14.2 Å². The van der Waals surface area contributed by atoms with E-state index in [0.717, 1.165) is 11.1 Å². The number of amides is 2. The van der Waals surface area contributed by atoms with E-state index < -0.39 is 13.0 Å². The largest absolute Gasteiger partial charge is 0.493 e. The molecule has 0 saturated heterocycles. The molecule has 10 heteroatoms. The van der Waals surface area contributed by atoms with E-state index >= 15 is 0 Å². The summed E-state index contributed by atoms with van der Waals surface area (Å²) in [5.41, 5.74) is 2.86. The van der Waals surface area contributed by atoms with E-state index in [1.807, 2.05) is 38.1 Å². The van der Waals surface area contributed by atoms with Crippen LogP contribution in [0.3, 0.4) is 0 Å². The zero-order valence-electron chi connectivity index (χ0n) is 20.4. The van der Waals surface area contributed by atoms with Crippen molar-refractivity contribution < 1.29 is 28.2 Å². The summed E-state index contributed by atoms with van der Waals surface area (Å²) in [5, 5.41) is 8.65. The molecule has 2 amide bonds. The first-order valence-corrected chi connectivity index (χ1v) is 11.3. The van der Waals surface area contributed by atoms with Crippen LogP contribution in [0.15, 0.2) is 47.6 Å². The monoisotopic (exact) mass is 486 g/mol. The maximum Gasteiger partial charge on any atom is 0.411 e. The van der Waals surface area contributed by atoms with Crippen molar-refractivity contribution in [2.45, 2.75) is 32.4 Å². The fraction of sp³-hybridized carbons (Fsp3) is 0.400. The number of alkyl halides is 1. The number of hydrogen-bond donors (Lipinski definition) is 1. The molecule has 0 aliphatic carbocycles. The summed E-state index contributed by atoms with van der Waals surface area (Å²) in [6.07, 6.45) is 0.00394. The number of hydrogen-bond acceptors (Lipinski definition) is 7. The van der Waals surface area contributed by atoms with Crippen LogP contribution >= 0.6 is 0 Å². The van der Waals surface area contributed by atoms with Crippen LogP contribution in [0.5, 0.6) is 11.5 Å². The Morgan fingerprint density at radius 3 is 2.57 bits per heavy atom. The number of hydrazone groups is 1. The third-order valence-corrected chi connectivity index (χ3v) is 5.28. The van der Waals surface area contributed by atoms with E-state index in [-0.39, 0.29) is 24.3 Å². The van der Waals surface area contributed by atoms with Crippen LogP contribution in [0.1, 0.15) is 30.9 Å². The SMILES string of the molecule is COc1ccc(C2=NN(Cc3ccc(NC(=O)OC(C)CN(C)C)cc3)C(=O)CC2)cc1OCF. The summed E-state index contributed by atoms with van der Waals surface area (Å²) in [7, 11) is 5.30. The van der Waals surface area contributed by atoms with Crippen molar-refractivity contribution >= 4 is 23.4 Å². The van der Waals surface area contributed by atoms with Crippen LogP contribution in [-0.4, -0.2) is 68.3 Å². The average Bonchev–Trinajstić information content (AvgIpc) is 2.81. The molecule has 1 aliphatic rings. The van der Waals surface area contributed by atoms with E-state index in [1.165, 1.54) is 12.1 Å². The van der Waals surface area contributed by atoms with Crippen molar-refractivity contribution in [1.29, 1.82) is 0 Å². The van der Waals surface area contributed by atoms with Gasteiger partial charge in [-0.05, 0) is 56.9 Å². The zero-order valence-corrected chi connectivity index (χ0v) is 20.4. The maximum atomic E-state index is 12.7. The summed E-state index contributed by atoms with van der Waals surface area (Å²) < 4.78 is 28.3. The Bertz CT molecular complexity index is 1060. The molecule has 35 heavy (non-hydrogen) atoms. The molecule has 1 unspecified atom stereocenters. The first-order valence-electron chi connectivity index (χ1n) is 11.3. The Labute approximate surface area is 204 Å². The number of carbonyl (C=O) groups excluding carboxylic acids is 2. The first-order chi connectivity index (χ1) is 16.8. The fourth-order valence-corrected chi connectivity index (χ4v) is 3.71. The van der Waals surface area contributed by atoms with Crippen LogP contribution in [0.2, 0.25) is 0 Å². The Hall–Kier alpha value is -3.66. The second-order valence-corrected chi connectivity index (χ2v) is 8.42. The van der Waals surface area contributed by atoms with Gasteiger partial charge in [-0.3, -0.25) is 10.1 Å². The standard InChI is InChI=1S/C25H31FN4O5/c1-17(14-29(2)3)35-25(32)27-20-8-5-18(6-9-20)15-30-24(31)12-10-21(28-30)19-7-11-22(33-4)23(13-19)34-16-26/h5-9,11,13,17H,10,12,14-16H2,1-4H3,(H,27,32). The van der Waals surface area contributed by atoms with Crippen molar-refractivity contribution in [2.24, 2.45) is 5.10 Å². The maximum absolute atomic E-state index is 12.7. The molecule has 3 rings (SSSR count). The summed E-state index contributed by atoms with van der Waals surface area (Å²) in [4.78, 5) is 26.5. The molecule has 0 bridgehead atoms. The number of carbonyl (C=O) groups is 2. The Morgan fingerprint density at radius 2 is 1.91 bits per heavy atom. The lowest BCUT2D eigenvalue weighted by Gasteiger charge is -2.24. The molecule has 1 N–H and O–H groups in total. The summed E-state index contributed by atoms with van der Waals surface area (Å²) in [6, 6.07) is 12.3. The third kappa shape index (κ3) is 7.41. The molecule has 0 fully saturated rings. The number of ether oxygens (including phenoxy) is 3. The highest BCUT2D eigenvalue weighted by Gasteiger charge is 2.22. The van der Waals surface area contributed by atoms with Gasteiger partial charge in [0.1, 0.15) is 6.10 Å². The number of likely N-dealkylation sites (N-methyl/N-ethyl adjacent to an activating group) is 1. The first kappa shape index (κ1) is 26.0. The zero-order chi connectivity index (χ0) is 25.4. The minimum absolute atomic E-state index is 0.0943. The molecule has 2 aromatic rings. The predicted octanol–water partition coefficient (Wildman–Crippen LogP) is 4.03. The van der Waals surface area contributed by atoms with Gasteiger partial charge >= 0.3 is 6.09 Å². The highest BCUT2D eigenvalue weighted by atomic mass is 19.1. The number of nitrogens with zero attached hydrogens (tertiary/aromatic N) is 3. The topological polar surface area (TPSA) is 92.7 Å². The minimum atomic E-state index is -0.978. The molecule has 1 aliphatic heterocycles. The molecular weight excluding hydrogens is 455 g/mol. The number of benzene rings is 2. The molecule has 1 heterocycles. The predicted molar refractivity (Wildman–Crippen MR) is 130 cm³/mol. The van der Waals surface area contributed by atoms with Gasteiger partial charge in [0.2, 0.25) is 12.8 Å². The van der Waals surface area contributed by atoms with E-state index in [2.05, 4.69) is 10.4 Å². The molecule has 2 aromatic carbocycles. The highest BCUT2D eigenvalue weighted by molar-refractivity contribution is 6.04. The van der Waals surface area contributed by atoms with E-state index in [4.69, 9.17) is 14.2 Å². The summed E-state index contributed by atoms with van der Waals surface area (Å²) >= 11 is 0. The molecule has 0 radical (unpaired) electrons. The Balaban J connectivity index is 1.66. The Morgan fingerprint density at radius 1 is 1.17 bits per heavy atom. The van der Waals surface area contributed by atoms with Gasteiger partial charge in [-0.2, -0.15) is 5.10 Å². The van der Waals surface area contributed by atoms with E-state index in [9.17, 15) is 14.0 Å². The van der Waals surface area contributed by atoms with Gasteiger partial charge in [-0.15, -0.1) is 0 Å². The molecule has 0 aromatic heterocycles. The quantitative estimate of drug-likeness (QED) is 0.545. The number of rotatable bonds is 10. The molecule has 0 spiro atoms. The normalized spacial score (nSPS) is 14.4. The van der Waals surface area contributed by atoms with Gasteiger partial charge < -0.3 is 19.1 Å². The number of nitrogens with one attached hydrogen (secondary N) is 1. The van der Waals surface area contributed by atoms with Gasteiger partial charge in [-0.1, -0.05) is 12.1 Å². The molecule has 0 saturated carbocycles.